The van der Waals surface area contributed by atoms with Crippen LogP contribution in [-0.2, 0) is 5.41 Å². The van der Waals surface area contributed by atoms with Crippen LogP contribution in [0, 0.1) is 0 Å². The van der Waals surface area contributed by atoms with Crippen LogP contribution in [-0.4, -0.2) is 0 Å². The van der Waals surface area contributed by atoms with Crippen LogP contribution < -0.4 is 10.1 Å². The molecule has 1 spiro atoms. The van der Waals surface area contributed by atoms with Crippen molar-refractivity contribution in [2.75, 3.05) is 5.32 Å². The molecule has 0 radical (unpaired) electrons. The van der Waals surface area contributed by atoms with E-state index in [0.717, 1.165) is 22.9 Å². The van der Waals surface area contributed by atoms with Crippen LogP contribution in [0.1, 0.15) is 22.3 Å². The number of hydrogen-bond donors (Lipinski definition) is 1. The van der Waals surface area contributed by atoms with Gasteiger partial charge in [0, 0.05) is 48.2 Å². The molecule has 6 aromatic carbocycles. The maximum atomic E-state index is 6.53. The zero-order chi connectivity index (χ0) is 26.3. The first-order valence-electron chi connectivity index (χ1n) is 13.6. The number of anilines is 2. The van der Waals surface area contributed by atoms with Crippen molar-refractivity contribution in [2.45, 2.75) is 5.41 Å². The van der Waals surface area contributed by atoms with Gasteiger partial charge in [-0.25, -0.2) is 0 Å². The number of rotatable bonds is 2. The molecular weight excluding hydrogens is 506 g/mol. The lowest BCUT2D eigenvalue weighted by Crippen LogP contribution is -2.32. The van der Waals surface area contributed by atoms with E-state index in [1.54, 1.807) is 0 Å². The van der Waals surface area contributed by atoms with E-state index in [1.807, 2.05) is 11.3 Å². The lowest BCUT2D eigenvalue weighted by atomic mass is 9.65. The monoisotopic (exact) mass is 529 g/mol. The smallest absolute Gasteiger partial charge is 0.132 e. The molecule has 0 saturated carbocycles. The topological polar surface area (TPSA) is 21.3 Å². The van der Waals surface area contributed by atoms with E-state index >= 15 is 0 Å². The average Bonchev–Trinajstić information content (AvgIpc) is 3.53. The van der Waals surface area contributed by atoms with Crippen LogP contribution in [0.5, 0.6) is 11.5 Å². The van der Waals surface area contributed by atoms with Crippen molar-refractivity contribution < 1.29 is 4.74 Å². The van der Waals surface area contributed by atoms with Crippen molar-refractivity contribution in [3.8, 4) is 22.6 Å². The standard InChI is InChI=1S/C37H23NOS/c1-3-14-26-23(11-1)24-13-9-18-30(38-29-17-10-22-34-35(29)25-12-2-8-21-33(25)40-34)36(24)37(26)27-15-4-6-19-31(27)39-32-20-7-5-16-28(32)37/h1-22,38H. The number of nitrogens with one attached hydrogen (secondary N) is 1. The number of ether oxygens (including phenoxy) is 1. The van der Waals surface area contributed by atoms with Crippen molar-refractivity contribution >= 4 is 42.9 Å². The Labute approximate surface area is 236 Å². The third kappa shape index (κ3) is 2.77. The van der Waals surface area contributed by atoms with Crippen molar-refractivity contribution in [3.63, 3.8) is 0 Å². The molecule has 0 fully saturated rings. The summed E-state index contributed by atoms with van der Waals surface area (Å²) in [5, 5.41) is 6.53. The Hall–Kier alpha value is -4.86. The molecule has 2 nitrogen and oxygen atoms in total. The normalized spacial score (nSPS) is 13.9. The zero-order valence-corrected chi connectivity index (χ0v) is 22.3. The summed E-state index contributed by atoms with van der Waals surface area (Å²) in [5.74, 6) is 1.81. The summed E-state index contributed by atoms with van der Waals surface area (Å²) < 4.78 is 9.13. The van der Waals surface area contributed by atoms with Crippen molar-refractivity contribution in [1.82, 2.24) is 0 Å². The Bertz CT molecular complexity index is 2090. The first kappa shape index (κ1) is 22.0. The van der Waals surface area contributed by atoms with Gasteiger partial charge in [-0.15, -0.1) is 11.3 Å². The maximum Gasteiger partial charge on any atom is 0.132 e. The van der Waals surface area contributed by atoms with Gasteiger partial charge < -0.3 is 10.1 Å². The summed E-state index contributed by atoms with van der Waals surface area (Å²) >= 11 is 1.85. The molecule has 2 aliphatic rings. The summed E-state index contributed by atoms with van der Waals surface area (Å²) in [5.41, 5.74) is 9.18. The molecule has 9 rings (SSSR count). The second kappa shape index (κ2) is 8.08. The van der Waals surface area contributed by atoms with E-state index in [1.165, 1.54) is 53.6 Å². The highest BCUT2D eigenvalue weighted by Gasteiger charge is 2.52. The molecule has 0 amide bonds. The molecule has 188 valence electrons. The van der Waals surface area contributed by atoms with Crippen molar-refractivity contribution in [1.29, 1.82) is 0 Å². The first-order valence-corrected chi connectivity index (χ1v) is 14.4. The predicted molar refractivity (Wildman–Crippen MR) is 166 cm³/mol. The molecule has 7 aromatic rings. The fourth-order valence-corrected chi connectivity index (χ4v) is 8.17. The van der Waals surface area contributed by atoms with E-state index in [-0.39, 0.29) is 0 Å². The Morgan fingerprint density at radius 1 is 0.500 bits per heavy atom. The van der Waals surface area contributed by atoms with E-state index in [9.17, 15) is 0 Å². The van der Waals surface area contributed by atoms with Gasteiger partial charge in [0.15, 0.2) is 0 Å². The Balaban J connectivity index is 1.38. The number of benzene rings is 6. The number of fused-ring (bicyclic) bond motifs is 12. The van der Waals surface area contributed by atoms with Gasteiger partial charge in [-0.1, -0.05) is 97.1 Å². The van der Waals surface area contributed by atoms with Gasteiger partial charge in [-0.05, 0) is 53.1 Å². The van der Waals surface area contributed by atoms with Gasteiger partial charge in [0.1, 0.15) is 11.5 Å². The zero-order valence-electron chi connectivity index (χ0n) is 21.5. The van der Waals surface area contributed by atoms with Gasteiger partial charge >= 0.3 is 0 Å². The van der Waals surface area contributed by atoms with E-state index in [0.29, 0.717) is 0 Å². The second-order valence-electron chi connectivity index (χ2n) is 10.5. The molecule has 1 N–H and O–H groups in total. The summed E-state index contributed by atoms with van der Waals surface area (Å²) in [4.78, 5) is 0. The molecule has 0 saturated heterocycles. The van der Waals surface area contributed by atoms with Gasteiger partial charge in [0.05, 0.1) is 5.41 Å². The van der Waals surface area contributed by atoms with Gasteiger partial charge in [0.25, 0.3) is 0 Å². The number of para-hydroxylation sites is 2. The van der Waals surface area contributed by atoms with Crippen LogP contribution >= 0.6 is 11.3 Å². The lowest BCUT2D eigenvalue weighted by molar-refractivity contribution is 0.436. The highest BCUT2D eigenvalue weighted by molar-refractivity contribution is 7.25. The summed E-state index contributed by atoms with van der Waals surface area (Å²) in [6, 6.07) is 47.9. The number of hydrogen-bond acceptors (Lipinski definition) is 3. The molecular formula is C37H23NOS. The maximum absolute atomic E-state index is 6.53. The Morgan fingerprint density at radius 2 is 1.10 bits per heavy atom. The minimum Gasteiger partial charge on any atom is -0.457 e. The molecule has 0 atom stereocenters. The second-order valence-corrected chi connectivity index (χ2v) is 11.6. The quantitative estimate of drug-likeness (QED) is 0.240. The molecule has 2 heterocycles. The molecule has 1 aliphatic carbocycles. The first-order chi connectivity index (χ1) is 19.8. The fraction of sp³-hybridized carbons (Fsp3) is 0.0270. The molecule has 3 heteroatoms. The van der Waals surface area contributed by atoms with Gasteiger partial charge in [-0.2, -0.15) is 0 Å². The summed E-state index contributed by atoms with van der Waals surface area (Å²) in [6.07, 6.45) is 0. The Morgan fingerprint density at radius 3 is 1.93 bits per heavy atom. The largest absolute Gasteiger partial charge is 0.457 e. The predicted octanol–water partition coefficient (Wildman–Crippen LogP) is 10.3. The molecule has 1 aliphatic heterocycles. The number of thiophene rings is 1. The average molecular weight is 530 g/mol. The van der Waals surface area contributed by atoms with E-state index < -0.39 is 5.41 Å². The van der Waals surface area contributed by atoms with Crippen LogP contribution in [0.25, 0.3) is 31.3 Å². The highest BCUT2D eigenvalue weighted by Crippen LogP contribution is 2.63. The SMILES string of the molecule is c1ccc2c(c1)Oc1ccccc1C21c2ccccc2-c2cccc(Nc3cccc4sc5ccccc5c34)c21. The third-order valence-electron chi connectivity index (χ3n) is 8.53. The molecule has 0 unspecified atom stereocenters. The minimum atomic E-state index is -0.508. The van der Waals surface area contributed by atoms with E-state index in [2.05, 4.69) is 139 Å². The van der Waals surface area contributed by atoms with Crippen LogP contribution in [0.2, 0.25) is 0 Å². The Kier molecular flexibility index (Phi) is 4.44. The molecule has 1 aromatic heterocycles. The lowest BCUT2D eigenvalue weighted by Gasteiger charge is -2.40. The minimum absolute atomic E-state index is 0.508. The third-order valence-corrected chi connectivity index (χ3v) is 9.67. The fourth-order valence-electron chi connectivity index (χ4n) is 7.04. The highest BCUT2D eigenvalue weighted by atomic mass is 32.1. The molecule has 40 heavy (non-hydrogen) atoms. The van der Waals surface area contributed by atoms with Crippen LogP contribution in [0.15, 0.2) is 133 Å². The van der Waals surface area contributed by atoms with E-state index in [4.69, 9.17) is 4.74 Å². The summed E-state index contributed by atoms with van der Waals surface area (Å²) in [6.45, 7) is 0. The van der Waals surface area contributed by atoms with Crippen molar-refractivity contribution in [2.24, 2.45) is 0 Å². The molecule has 0 bridgehead atoms. The van der Waals surface area contributed by atoms with Crippen LogP contribution in [0.4, 0.5) is 11.4 Å². The van der Waals surface area contributed by atoms with Gasteiger partial charge in [-0.3, -0.25) is 0 Å². The summed E-state index contributed by atoms with van der Waals surface area (Å²) in [7, 11) is 0. The van der Waals surface area contributed by atoms with Crippen LogP contribution in [0.3, 0.4) is 0 Å². The van der Waals surface area contributed by atoms with Gasteiger partial charge in [0.2, 0.25) is 0 Å². The van der Waals surface area contributed by atoms with Crippen molar-refractivity contribution in [3.05, 3.63) is 156 Å².